The number of amides is 2. The summed E-state index contributed by atoms with van der Waals surface area (Å²) in [5.41, 5.74) is 1.09. The topological polar surface area (TPSA) is 49.4 Å². The van der Waals surface area contributed by atoms with Crippen LogP contribution in [0, 0.1) is 0 Å². The van der Waals surface area contributed by atoms with Crippen molar-refractivity contribution in [2.75, 3.05) is 19.6 Å². The van der Waals surface area contributed by atoms with Gasteiger partial charge in [0.15, 0.2) is 0 Å². The zero-order valence-electron chi connectivity index (χ0n) is 12.9. The summed E-state index contributed by atoms with van der Waals surface area (Å²) in [5.74, 6) is -0.101. The fraction of sp³-hybridized carbons (Fsp3) is 0.294. The Morgan fingerprint density at radius 3 is 2.70 bits per heavy atom. The molecule has 2 aromatic rings. The molecule has 1 N–H and O–H groups in total. The van der Waals surface area contributed by atoms with Crippen molar-refractivity contribution < 1.29 is 9.59 Å². The Hall–Kier alpha value is -1.85. The lowest BCUT2D eigenvalue weighted by Gasteiger charge is -2.21. The van der Waals surface area contributed by atoms with Crippen LogP contribution in [0.2, 0.25) is 5.02 Å². The molecule has 6 heteroatoms. The van der Waals surface area contributed by atoms with Gasteiger partial charge in [-0.2, -0.15) is 0 Å². The van der Waals surface area contributed by atoms with E-state index in [1.807, 2.05) is 35.7 Å². The van der Waals surface area contributed by atoms with E-state index in [0.29, 0.717) is 29.5 Å². The molecule has 23 heavy (non-hydrogen) atoms. The molecule has 122 valence electrons. The first-order valence-electron chi connectivity index (χ1n) is 7.38. The first-order valence-corrected chi connectivity index (χ1v) is 8.63. The fourth-order valence-electron chi connectivity index (χ4n) is 2.18. The third-order valence-corrected chi connectivity index (χ3v) is 4.52. The number of halogens is 1. The predicted molar refractivity (Wildman–Crippen MR) is 94.1 cm³/mol. The number of benzene rings is 1. The summed E-state index contributed by atoms with van der Waals surface area (Å²) in [7, 11) is 0. The normalized spacial score (nSPS) is 10.3. The molecular formula is C17H19ClN2O2S. The maximum atomic E-state index is 11.9. The summed E-state index contributed by atoms with van der Waals surface area (Å²) >= 11 is 7.36. The molecule has 2 amide bonds. The Balaban J connectivity index is 1.79. The molecule has 0 fully saturated rings. The van der Waals surface area contributed by atoms with Crippen LogP contribution in [0.1, 0.15) is 22.2 Å². The van der Waals surface area contributed by atoms with E-state index < -0.39 is 0 Å². The molecule has 0 atom stereocenters. The number of rotatable bonds is 7. The molecule has 0 saturated heterocycles. The van der Waals surface area contributed by atoms with Gasteiger partial charge in [-0.1, -0.05) is 29.8 Å². The molecule has 0 saturated carbocycles. The van der Waals surface area contributed by atoms with Crippen molar-refractivity contribution in [3.63, 3.8) is 0 Å². The molecule has 1 aromatic carbocycles. The van der Waals surface area contributed by atoms with E-state index in [2.05, 4.69) is 5.32 Å². The van der Waals surface area contributed by atoms with E-state index in [9.17, 15) is 9.59 Å². The van der Waals surface area contributed by atoms with Crippen LogP contribution < -0.4 is 5.32 Å². The van der Waals surface area contributed by atoms with Gasteiger partial charge < -0.3 is 10.2 Å². The summed E-state index contributed by atoms with van der Waals surface area (Å²) in [6, 6.07) is 11.2. The second-order valence-electron chi connectivity index (χ2n) is 5.12. The van der Waals surface area contributed by atoms with E-state index in [-0.39, 0.29) is 11.8 Å². The quantitative estimate of drug-likeness (QED) is 0.833. The molecule has 1 aromatic heterocycles. The largest absolute Gasteiger partial charge is 0.350 e. The Morgan fingerprint density at radius 1 is 1.22 bits per heavy atom. The number of thiophene rings is 1. The summed E-state index contributed by atoms with van der Waals surface area (Å²) in [4.78, 5) is 26.0. The molecule has 0 radical (unpaired) electrons. The molecule has 0 spiro atoms. The molecule has 4 nitrogen and oxygen atoms in total. The average molecular weight is 351 g/mol. The van der Waals surface area contributed by atoms with Crippen LogP contribution in [0.15, 0.2) is 41.8 Å². The number of hydrogen-bond donors (Lipinski definition) is 1. The van der Waals surface area contributed by atoms with Crippen LogP contribution in [0.3, 0.4) is 0 Å². The lowest BCUT2D eigenvalue weighted by molar-refractivity contribution is -0.128. The summed E-state index contributed by atoms with van der Waals surface area (Å²) in [6.45, 7) is 3.07. The number of nitrogens with one attached hydrogen (secondary N) is 1. The van der Waals surface area contributed by atoms with Crippen molar-refractivity contribution in [1.82, 2.24) is 10.2 Å². The second-order valence-corrected chi connectivity index (χ2v) is 6.50. The molecule has 0 aliphatic heterocycles. The number of nitrogens with zero attached hydrogens (tertiary/aromatic N) is 1. The molecule has 0 bridgehead atoms. The third-order valence-electron chi connectivity index (χ3n) is 3.42. The van der Waals surface area contributed by atoms with Crippen molar-refractivity contribution in [1.29, 1.82) is 0 Å². The highest BCUT2D eigenvalue weighted by atomic mass is 35.5. The highest BCUT2D eigenvalue weighted by Gasteiger charge is 2.10. The lowest BCUT2D eigenvalue weighted by atomic mass is 10.1. The first-order chi connectivity index (χ1) is 11.1. The lowest BCUT2D eigenvalue weighted by Crippen LogP contribution is -2.38. The third kappa shape index (κ3) is 5.69. The SMILES string of the molecule is CC(=O)N(CCNC(=O)c1cccs1)CCc1cccc(Cl)c1. The van der Waals surface area contributed by atoms with Gasteiger partial charge in [-0.15, -0.1) is 11.3 Å². The summed E-state index contributed by atoms with van der Waals surface area (Å²) in [6.07, 6.45) is 0.735. The first kappa shape index (κ1) is 17.5. The zero-order valence-corrected chi connectivity index (χ0v) is 14.5. The summed E-state index contributed by atoms with van der Waals surface area (Å²) in [5, 5.41) is 5.39. The maximum absolute atomic E-state index is 11.9. The van der Waals surface area contributed by atoms with Crippen LogP contribution in [0.5, 0.6) is 0 Å². The molecule has 0 aliphatic carbocycles. The average Bonchev–Trinajstić information content (AvgIpc) is 3.04. The molecular weight excluding hydrogens is 332 g/mol. The van der Waals surface area contributed by atoms with Crippen molar-refractivity contribution in [2.24, 2.45) is 0 Å². The van der Waals surface area contributed by atoms with Crippen LogP contribution >= 0.6 is 22.9 Å². The smallest absolute Gasteiger partial charge is 0.261 e. The Kier molecular flexibility index (Phi) is 6.62. The van der Waals surface area contributed by atoms with E-state index in [4.69, 9.17) is 11.6 Å². The Labute approximate surface area is 145 Å². The molecule has 0 unspecified atom stereocenters. The van der Waals surface area contributed by atoms with Crippen molar-refractivity contribution in [3.05, 3.63) is 57.2 Å². The van der Waals surface area contributed by atoms with Gasteiger partial charge in [0.25, 0.3) is 5.91 Å². The highest BCUT2D eigenvalue weighted by molar-refractivity contribution is 7.12. The van der Waals surface area contributed by atoms with E-state index >= 15 is 0 Å². The summed E-state index contributed by atoms with van der Waals surface area (Å²) < 4.78 is 0. The van der Waals surface area contributed by atoms with Crippen LogP contribution in [-0.4, -0.2) is 36.3 Å². The number of carbonyl (C=O) groups excluding carboxylic acids is 2. The van der Waals surface area contributed by atoms with Crippen molar-refractivity contribution >= 4 is 34.8 Å². The monoisotopic (exact) mass is 350 g/mol. The van der Waals surface area contributed by atoms with Gasteiger partial charge in [0, 0.05) is 31.6 Å². The van der Waals surface area contributed by atoms with Crippen molar-refractivity contribution in [3.8, 4) is 0 Å². The predicted octanol–water partition coefficient (Wildman–Crippen LogP) is 3.22. The van der Waals surface area contributed by atoms with Gasteiger partial charge in [0.1, 0.15) is 0 Å². The maximum Gasteiger partial charge on any atom is 0.261 e. The van der Waals surface area contributed by atoms with Gasteiger partial charge in [-0.05, 0) is 35.6 Å². The van der Waals surface area contributed by atoms with Crippen molar-refractivity contribution in [2.45, 2.75) is 13.3 Å². The highest BCUT2D eigenvalue weighted by Crippen LogP contribution is 2.11. The zero-order chi connectivity index (χ0) is 16.7. The second kappa shape index (κ2) is 8.70. The van der Waals surface area contributed by atoms with Gasteiger partial charge in [-0.25, -0.2) is 0 Å². The standard InChI is InChI=1S/C17H19ClN2O2S/c1-13(21)20(9-7-14-4-2-5-15(18)12-14)10-8-19-17(22)16-6-3-11-23-16/h2-6,11-12H,7-10H2,1H3,(H,19,22). The van der Waals surface area contributed by atoms with Crippen LogP contribution in [0.4, 0.5) is 0 Å². The minimum Gasteiger partial charge on any atom is -0.350 e. The van der Waals surface area contributed by atoms with E-state index in [1.54, 1.807) is 17.9 Å². The molecule has 1 heterocycles. The minimum atomic E-state index is -0.0988. The number of carbonyl (C=O) groups is 2. The molecule has 0 aliphatic rings. The van der Waals surface area contributed by atoms with E-state index in [0.717, 1.165) is 12.0 Å². The fourth-order valence-corrected chi connectivity index (χ4v) is 3.04. The number of hydrogen-bond acceptors (Lipinski definition) is 3. The van der Waals surface area contributed by atoms with E-state index in [1.165, 1.54) is 11.3 Å². The Morgan fingerprint density at radius 2 is 2.04 bits per heavy atom. The Bertz CT molecular complexity index is 658. The molecule has 2 rings (SSSR count). The minimum absolute atomic E-state index is 0.00241. The van der Waals surface area contributed by atoms with Gasteiger partial charge in [-0.3, -0.25) is 9.59 Å². The van der Waals surface area contributed by atoms with Gasteiger partial charge in [0.05, 0.1) is 4.88 Å². The van der Waals surface area contributed by atoms with Crippen LogP contribution in [-0.2, 0) is 11.2 Å². The van der Waals surface area contributed by atoms with Crippen LogP contribution in [0.25, 0.3) is 0 Å². The van der Waals surface area contributed by atoms with Gasteiger partial charge in [0.2, 0.25) is 5.91 Å². The van der Waals surface area contributed by atoms with Gasteiger partial charge >= 0.3 is 0 Å².